The van der Waals surface area contributed by atoms with Crippen LogP contribution in [0.4, 0.5) is 24.3 Å². The van der Waals surface area contributed by atoms with Crippen molar-refractivity contribution < 1.29 is 32.0 Å². The van der Waals surface area contributed by atoms with Crippen LogP contribution in [0.15, 0.2) is 12.4 Å². The van der Waals surface area contributed by atoms with Crippen LogP contribution in [0.5, 0.6) is 0 Å². The molecule has 0 aliphatic heterocycles. The minimum Gasteiger partial charge on any atom is -0.449 e. The summed E-state index contributed by atoms with van der Waals surface area (Å²) in [5.41, 5.74) is -1.41. The minimum atomic E-state index is -2.85. The number of anilines is 1. The van der Waals surface area contributed by atoms with Gasteiger partial charge in [-0.25, -0.2) is 28.3 Å². The normalized spacial score (nSPS) is 28.5. The van der Waals surface area contributed by atoms with Gasteiger partial charge in [-0.05, 0) is 57.9 Å². The molecule has 0 aromatic carbocycles. The first-order valence-electron chi connectivity index (χ1n) is 11.1. The van der Waals surface area contributed by atoms with E-state index in [-0.39, 0.29) is 18.8 Å². The Labute approximate surface area is 178 Å². The van der Waals surface area contributed by atoms with Gasteiger partial charge in [-0.1, -0.05) is 0 Å². The van der Waals surface area contributed by atoms with Gasteiger partial charge in [-0.15, -0.1) is 0 Å². The van der Waals surface area contributed by atoms with Crippen molar-refractivity contribution >= 4 is 18.1 Å². The van der Waals surface area contributed by atoms with E-state index in [1.54, 1.807) is 20.8 Å². The molecule has 2 amide bonds. The molecule has 0 bridgehead atoms. The number of nitrogens with zero attached hydrogens (tertiary/aromatic N) is 2. The fourth-order valence-electron chi connectivity index (χ4n) is 3.41. The van der Waals surface area contributed by atoms with Crippen molar-refractivity contribution in [1.82, 2.24) is 15.3 Å². The monoisotopic (exact) mass is 429 g/mol. The third kappa shape index (κ3) is 5.99. The first-order valence-corrected chi connectivity index (χ1v) is 9.62. The molecule has 0 unspecified atom stereocenters. The van der Waals surface area contributed by atoms with Gasteiger partial charge >= 0.3 is 12.2 Å². The largest absolute Gasteiger partial charge is 0.449 e. The molecular formula is C20H28F2N4O4. The summed E-state index contributed by atoms with van der Waals surface area (Å²) in [6, 6.07) is 0. The quantitative estimate of drug-likeness (QED) is 0.726. The fourth-order valence-corrected chi connectivity index (χ4v) is 3.41. The van der Waals surface area contributed by atoms with E-state index in [1.165, 1.54) is 19.3 Å². The van der Waals surface area contributed by atoms with E-state index in [0.29, 0.717) is 5.56 Å². The van der Waals surface area contributed by atoms with Crippen molar-refractivity contribution in [2.45, 2.75) is 76.3 Å². The Hall–Kier alpha value is -2.52. The molecule has 2 fully saturated rings. The average molecular weight is 429 g/mol. The number of amides is 2. The van der Waals surface area contributed by atoms with Gasteiger partial charge in [0.1, 0.15) is 5.60 Å². The van der Waals surface area contributed by atoms with Gasteiger partial charge in [0.15, 0.2) is 0 Å². The Morgan fingerprint density at radius 2 is 1.87 bits per heavy atom. The van der Waals surface area contributed by atoms with Gasteiger partial charge in [-0.2, -0.15) is 0 Å². The fraction of sp³-hybridized carbons (Fsp3) is 0.700. The topological polar surface area (TPSA) is 102 Å². The molecule has 10 heteroatoms. The summed E-state index contributed by atoms with van der Waals surface area (Å²) in [4.78, 5) is 31.8. The Morgan fingerprint density at radius 1 is 1.27 bits per heavy atom. The van der Waals surface area contributed by atoms with Gasteiger partial charge in [0.05, 0.1) is 14.8 Å². The lowest BCUT2D eigenvalue weighted by Gasteiger charge is -2.44. The second-order valence-corrected chi connectivity index (χ2v) is 9.03. The maximum absolute atomic E-state index is 13.1. The van der Waals surface area contributed by atoms with Gasteiger partial charge in [-0.3, -0.25) is 5.32 Å². The second-order valence-electron chi connectivity index (χ2n) is 9.03. The Kier molecular flexibility index (Phi) is 4.84. The summed E-state index contributed by atoms with van der Waals surface area (Å²) in [5, 5.41) is 4.69. The smallest absolute Gasteiger partial charge is 0.414 e. The molecule has 0 radical (unpaired) electrons. The highest BCUT2D eigenvalue weighted by molar-refractivity contribution is 5.82. The van der Waals surface area contributed by atoms with Crippen molar-refractivity contribution in [2.24, 2.45) is 5.92 Å². The van der Waals surface area contributed by atoms with Crippen LogP contribution in [-0.4, -0.2) is 45.8 Å². The molecule has 30 heavy (non-hydrogen) atoms. The molecule has 2 aliphatic carbocycles. The minimum absolute atomic E-state index is 0.00197. The van der Waals surface area contributed by atoms with E-state index in [4.69, 9.17) is 13.6 Å². The Bertz CT molecular complexity index is 911. The number of rotatable bonds is 5. The van der Waals surface area contributed by atoms with Crippen LogP contribution in [0, 0.1) is 5.92 Å². The van der Waals surface area contributed by atoms with E-state index in [0.717, 1.165) is 0 Å². The van der Waals surface area contributed by atoms with Gasteiger partial charge < -0.3 is 14.8 Å². The van der Waals surface area contributed by atoms with Crippen LogP contribution in [-0.2, 0) is 9.47 Å². The highest BCUT2D eigenvalue weighted by Crippen LogP contribution is 2.45. The third-order valence-electron chi connectivity index (χ3n) is 4.68. The van der Waals surface area contributed by atoms with Crippen molar-refractivity contribution in [3.63, 3.8) is 0 Å². The van der Waals surface area contributed by atoms with E-state index >= 15 is 0 Å². The molecule has 0 spiro atoms. The van der Waals surface area contributed by atoms with E-state index < -0.39 is 60.5 Å². The first kappa shape index (κ1) is 18.3. The number of hydrogen-bond acceptors (Lipinski definition) is 6. The number of carbonyl (C=O) groups excluding carboxylic acids is 2. The number of aromatic nitrogens is 2. The standard InChI is InChI=1S/C20H28F2N4O4/c1-18(2,3)30-16(27)25-15-23-7-14(8-24-15)13-5-12(6-13)9-29-17(28)26-19(4)10-20(21,22)11-19/h7-8,12-13H,5-6,9-11H2,1-4H3,(H,26,28)(H,23,24,25,27)/i9D2,13D. The molecule has 1 heterocycles. The number of hydrogen-bond donors (Lipinski definition) is 2. The zero-order valence-corrected chi connectivity index (χ0v) is 17.3. The first-order chi connectivity index (χ1) is 14.9. The highest BCUT2D eigenvalue weighted by Gasteiger charge is 2.54. The summed E-state index contributed by atoms with van der Waals surface area (Å²) in [6.07, 6.45) is -0.0982. The van der Waals surface area contributed by atoms with Crippen molar-refractivity contribution in [3.8, 4) is 0 Å². The summed E-state index contributed by atoms with van der Waals surface area (Å²) < 4.78 is 60.8. The summed E-state index contributed by atoms with van der Waals surface area (Å²) in [6.45, 7) is 4.21. The summed E-state index contributed by atoms with van der Waals surface area (Å²) in [5.74, 6) is -4.81. The predicted octanol–water partition coefficient (Wildman–Crippen LogP) is 4.23. The zero-order chi connectivity index (χ0) is 24.9. The maximum Gasteiger partial charge on any atom is 0.414 e. The molecule has 1 aromatic heterocycles. The third-order valence-corrected chi connectivity index (χ3v) is 4.68. The number of halogens is 2. The maximum atomic E-state index is 13.1. The summed E-state index contributed by atoms with van der Waals surface area (Å²) in [7, 11) is 0. The molecule has 8 nitrogen and oxygen atoms in total. The lowest BCUT2D eigenvalue weighted by Crippen LogP contribution is -2.60. The molecule has 2 saturated carbocycles. The van der Waals surface area contributed by atoms with Crippen LogP contribution in [0.2, 0.25) is 0 Å². The van der Waals surface area contributed by atoms with Crippen LogP contribution in [0.25, 0.3) is 0 Å². The lowest BCUT2D eigenvalue weighted by molar-refractivity contribution is -0.125. The second kappa shape index (κ2) is 7.96. The zero-order valence-electron chi connectivity index (χ0n) is 20.3. The molecule has 2 aliphatic rings. The Balaban J connectivity index is 1.52. The molecule has 0 saturated heterocycles. The van der Waals surface area contributed by atoms with Crippen molar-refractivity contribution in [2.75, 3.05) is 11.9 Å². The SMILES string of the molecule is [2H]C1(c2cnc(NC(=O)OC(C)(C)C)nc2)CC(C([2H])([2H])OC(=O)NC2(C)CC(F)(F)C2)C1. The lowest BCUT2D eigenvalue weighted by atomic mass is 9.72. The number of nitrogens with one attached hydrogen (secondary N) is 2. The van der Waals surface area contributed by atoms with E-state index in [9.17, 15) is 18.4 Å². The molecule has 2 N–H and O–H groups in total. The number of ether oxygens (including phenoxy) is 2. The highest BCUT2D eigenvalue weighted by atomic mass is 19.3. The molecule has 3 rings (SSSR count). The van der Waals surface area contributed by atoms with E-state index in [2.05, 4.69) is 20.6 Å². The van der Waals surface area contributed by atoms with Gasteiger partial charge in [0, 0.05) is 26.6 Å². The van der Waals surface area contributed by atoms with Crippen LogP contribution < -0.4 is 10.6 Å². The van der Waals surface area contributed by atoms with Crippen LogP contribution in [0.3, 0.4) is 0 Å². The number of alkyl halides is 2. The molecule has 166 valence electrons. The predicted molar refractivity (Wildman–Crippen MR) is 104 cm³/mol. The average Bonchev–Trinajstić information content (AvgIpc) is 2.54. The number of alkyl carbamates (subject to hydrolysis) is 1. The molecule has 0 atom stereocenters. The number of carbonyl (C=O) groups is 2. The Morgan fingerprint density at radius 3 is 2.40 bits per heavy atom. The molecule has 1 aromatic rings. The van der Waals surface area contributed by atoms with Crippen LogP contribution in [0.1, 0.15) is 68.9 Å². The van der Waals surface area contributed by atoms with Gasteiger partial charge in [0.2, 0.25) is 5.95 Å². The van der Waals surface area contributed by atoms with Crippen LogP contribution >= 0.6 is 0 Å². The van der Waals surface area contributed by atoms with Crippen molar-refractivity contribution in [3.05, 3.63) is 18.0 Å². The van der Waals surface area contributed by atoms with E-state index in [1.807, 2.05) is 0 Å². The van der Waals surface area contributed by atoms with Gasteiger partial charge in [0.25, 0.3) is 5.92 Å². The summed E-state index contributed by atoms with van der Waals surface area (Å²) >= 11 is 0. The van der Waals surface area contributed by atoms with Crippen molar-refractivity contribution in [1.29, 1.82) is 0 Å². The molecular weight excluding hydrogens is 398 g/mol.